The maximum atomic E-state index is 10.7. The molecule has 5 rings (SSSR count). The highest BCUT2D eigenvalue weighted by atomic mass is 16.4. The van der Waals surface area contributed by atoms with E-state index in [1.165, 1.54) is 28.3 Å². The molecule has 0 radical (unpaired) electrons. The fraction of sp³-hybridized carbons (Fsp3) is 0.0435. The molecule has 4 heteroatoms. The van der Waals surface area contributed by atoms with Crippen LogP contribution in [0.3, 0.4) is 0 Å². The second-order valence-electron chi connectivity index (χ2n) is 5.90. The number of fused-ring (bicyclic) bond motifs is 5. The summed E-state index contributed by atoms with van der Waals surface area (Å²) in [6, 6.07) is 27.7. The highest BCUT2D eigenvalue weighted by molar-refractivity contribution is 6.02. The number of carboxylic acid groups (broad SMARTS) is 1. The maximum absolute atomic E-state index is 10.7. The molecular formula is C23H18O4. The Bertz CT molecular complexity index is 1040. The summed E-state index contributed by atoms with van der Waals surface area (Å²) in [5.41, 5.74) is 5.92. The molecule has 4 nitrogen and oxygen atoms in total. The highest BCUT2D eigenvalue weighted by Crippen LogP contribution is 2.46. The van der Waals surface area contributed by atoms with Crippen LogP contribution in [0.2, 0.25) is 0 Å². The van der Waals surface area contributed by atoms with Gasteiger partial charge < -0.3 is 9.52 Å². The minimum atomic E-state index is -0.833. The van der Waals surface area contributed by atoms with E-state index in [-0.39, 0.29) is 5.63 Å². The van der Waals surface area contributed by atoms with Crippen molar-refractivity contribution >= 4 is 16.9 Å². The summed E-state index contributed by atoms with van der Waals surface area (Å²) in [5, 5.41) is 8.37. The molecule has 27 heavy (non-hydrogen) atoms. The Balaban J connectivity index is 0.000000131. The van der Waals surface area contributed by atoms with E-state index >= 15 is 0 Å². The predicted molar refractivity (Wildman–Crippen MR) is 107 cm³/mol. The van der Waals surface area contributed by atoms with Crippen LogP contribution >= 0.6 is 0 Å². The number of aliphatic carboxylic acids is 1. The van der Waals surface area contributed by atoms with Crippen molar-refractivity contribution in [3.8, 4) is 22.3 Å². The van der Waals surface area contributed by atoms with Gasteiger partial charge in [-0.25, -0.2) is 4.79 Å². The third-order valence-electron chi connectivity index (χ3n) is 3.96. The molecule has 0 fully saturated rings. The number of carboxylic acids is 1. The topological polar surface area (TPSA) is 67.5 Å². The van der Waals surface area contributed by atoms with Gasteiger partial charge in [-0.15, -0.1) is 0 Å². The van der Waals surface area contributed by atoms with Crippen molar-refractivity contribution in [1.29, 1.82) is 0 Å². The SMILES string of the molecule is CC(=O)O.O=c1ccc2ccccc2o1.c1ccc2c(c1)-c1ccccc1-2. The average molecular weight is 358 g/mol. The maximum Gasteiger partial charge on any atom is 0.336 e. The van der Waals surface area contributed by atoms with E-state index in [1.54, 1.807) is 12.1 Å². The predicted octanol–water partition coefficient (Wildman–Crippen LogP) is 5.22. The highest BCUT2D eigenvalue weighted by Gasteiger charge is 2.19. The Labute approximate surface area is 156 Å². The lowest BCUT2D eigenvalue weighted by Crippen LogP contribution is -1.96. The Morgan fingerprint density at radius 3 is 1.59 bits per heavy atom. The van der Waals surface area contributed by atoms with Crippen LogP contribution in [0.5, 0.6) is 0 Å². The molecule has 3 aromatic carbocycles. The van der Waals surface area contributed by atoms with E-state index in [2.05, 4.69) is 48.5 Å². The van der Waals surface area contributed by atoms with Crippen molar-refractivity contribution in [2.24, 2.45) is 0 Å². The van der Waals surface area contributed by atoms with E-state index in [0.29, 0.717) is 5.58 Å². The first-order valence-electron chi connectivity index (χ1n) is 8.43. The van der Waals surface area contributed by atoms with E-state index in [4.69, 9.17) is 14.3 Å². The van der Waals surface area contributed by atoms with Crippen molar-refractivity contribution in [2.45, 2.75) is 6.92 Å². The largest absolute Gasteiger partial charge is 0.481 e. The Hall–Kier alpha value is -3.66. The normalized spacial score (nSPS) is 10.1. The van der Waals surface area contributed by atoms with Gasteiger partial charge in [-0.3, -0.25) is 4.79 Å². The average Bonchev–Trinajstić information content (AvgIpc) is 2.66. The lowest BCUT2D eigenvalue weighted by atomic mass is 9.81. The van der Waals surface area contributed by atoms with Crippen LogP contribution in [-0.4, -0.2) is 11.1 Å². The summed E-state index contributed by atoms with van der Waals surface area (Å²) in [6.45, 7) is 1.08. The van der Waals surface area contributed by atoms with Gasteiger partial charge in [-0.2, -0.15) is 0 Å². The van der Waals surface area contributed by atoms with E-state index in [1.807, 2.05) is 18.2 Å². The Morgan fingerprint density at radius 1 is 0.704 bits per heavy atom. The van der Waals surface area contributed by atoms with E-state index in [0.717, 1.165) is 12.3 Å². The van der Waals surface area contributed by atoms with Gasteiger partial charge in [0.25, 0.3) is 5.97 Å². The fourth-order valence-corrected chi connectivity index (χ4v) is 2.85. The molecule has 0 atom stereocenters. The Kier molecular flexibility index (Phi) is 5.47. The molecule has 0 spiro atoms. The summed E-state index contributed by atoms with van der Waals surface area (Å²) in [4.78, 5) is 19.7. The van der Waals surface area contributed by atoms with Crippen molar-refractivity contribution in [3.05, 3.63) is 95.3 Å². The molecule has 1 aliphatic carbocycles. The van der Waals surface area contributed by atoms with Gasteiger partial charge in [0.1, 0.15) is 5.58 Å². The third kappa shape index (κ3) is 4.30. The summed E-state index contributed by atoms with van der Waals surface area (Å²) < 4.78 is 4.91. The van der Waals surface area contributed by atoms with Crippen molar-refractivity contribution < 1.29 is 14.3 Å². The molecule has 1 aliphatic rings. The first-order valence-corrected chi connectivity index (χ1v) is 8.43. The summed E-state index contributed by atoms with van der Waals surface area (Å²) in [7, 11) is 0. The van der Waals surface area contributed by atoms with Gasteiger partial charge in [0.2, 0.25) is 0 Å². The van der Waals surface area contributed by atoms with Crippen molar-refractivity contribution in [3.63, 3.8) is 0 Å². The molecule has 0 amide bonds. The molecule has 0 bridgehead atoms. The number of hydrogen-bond donors (Lipinski definition) is 1. The molecule has 1 aromatic heterocycles. The van der Waals surface area contributed by atoms with Gasteiger partial charge in [0.15, 0.2) is 0 Å². The zero-order valence-electron chi connectivity index (χ0n) is 14.8. The van der Waals surface area contributed by atoms with Crippen LogP contribution in [-0.2, 0) is 4.79 Å². The van der Waals surface area contributed by atoms with Gasteiger partial charge in [-0.05, 0) is 34.4 Å². The zero-order chi connectivity index (χ0) is 19.2. The van der Waals surface area contributed by atoms with Crippen LogP contribution in [0, 0.1) is 0 Å². The lowest BCUT2D eigenvalue weighted by Gasteiger charge is -2.22. The van der Waals surface area contributed by atoms with Crippen LogP contribution in [0.15, 0.2) is 94.1 Å². The van der Waals surface area contributed by atoms with Crippen molar-refractivity contribution in [1.82, 2.24) is 0 Å². The quantitative estimate of drug-likeness (QED) is 0.386. The number of rotatable bonds is 0. The van der Waals surface area contributed by atoms with E-state index < -0.39 is 5.97 Å². The second-order valence-corrected chi connectivity index (χ2v) is 5.90. The summed E-state index contributed by atoms with van der Waals surface area (Å²) in [6.07, 6.45) is 0. The second kappa shape index (κ2) is 8.15. The van der Waals surface area contributed by atoms with Gasteiger partial charge >= 0.3 is 5.63 Å². The summed E-state index contributed by atoms with van der Waals surface area (Å²) >= 11 is 0. The van der Waals surface area contributed by atoms with Crippen molar-refractivity contribution in [2.75, 3.05) is 0 Å². The van der Waals surface area contributed by atoms with Crippen LogP contribution in [0.25, 0.3) is 33.2 Å². The molecular weight excluding hydrogens is 340 g/mol. The molecule has 0 aliphatic heterocycles. The molecule has 0 saturated carbocycles. The monoisotopic (exact) mass is 358 g/mol. The number of carbonyl (C=O) groups is 1. The number of para-hydroxylation sites is 1. The molecule has 0 unspecified atom stereocenters. The van der Waals surface area contributed by atoms with Gasteiger partial charge in [0.05, 0.1) is 0 Å². The van der Waals surface area contributed by atoms with Gasteiger partial charge in [0, 0.05) is 18.4 Å². The first kappa shape index (κ1) is 18.1. The zero-order valence-corrected chi connectivity index (χ0v) is 14.8. The number of benzene rings is 3. The molecule has 1 heterocycles. The first-order chi connectivity index (χ1) is 13.1. The van der Waals surface area contributed by atoms with E-state index in [9.17, 15) is 4.79 Å². The third-order valence-corrected chi connectivity index (χ3v) is 3.96. The molecule has 1 N–H and O–H groups in total. The summed E-state index contributed by atoms with van der Waals surface area (Å²) in [5.74, 6) is -0.833. The fourth-order valence-electron chi connectivity index (χ4n) is 2.85. The molecule has 4 aromatic rings. The minimum absolute atomic E-state index is 0.302. The molecule has 0 saturated heterocycles. The van der Waals surface area contributed by atoms with Gasteiger partial charge in [-0.1, -0.05) is 66.7 Å². The smallest absolute Gasteiger partial charge is 0.336 e. The minimum Gasteiger partial charge on any atom is -0.481 e. The Morgan fingerprint density at radius 2 is 1.11 bits per heavy atom. The van der Waals surface area contributed by atoms with Crippen LogP contribution in [0.1, 0.15) is 6.92 Å². The lowest BCUT2D eigenvalue weighted by molar-refractivity contribution is -0.134. The molecule has 134 valence electrons. The van der Waals surface area contributed by atoms with Crippen LogP contribution < -0.4 is 5.63 Å². The van der Waals surface area contributed by atoms with Crippen LogP contribution in [0.4, 0.5) is 0 Å². The number of hydrogen-bond acceptors (Lipinski definition) is 3. The standard InChI is InChI=1S/C12H8.C9H6O2.C2H4O2/c1-2-6-10-9(5-1)11-7-3-4-8-12(10)11;10-9-6-5-7-3-1-2-4-8(7)11-9;1-2(3)4/h1-8H;1-6H;1H3,(H,3,4).